The molecule has 1 aromatic carbocycles. The number of nitrogens with zero attached hydrogens (tertiary/aromatic N) is 2. The van der Waals surface area contributed by atoms with Crippen LogP contribution in [0.1, 0.15) is 48.9 Å². The zero-order chi connectivity index (χ0) is 21.7. The second kappa shape index (κ2) is 9.75. The molecule has 1 amide bonds. The van der Waals surface area contributed by atoms with Gasteiger partial charge in [0, 0.05) is 17.1 Å². The van der Waals surface area contributed by atoms with Crippen molar-refractivity contribution in [2.24, 2.45) is 5.92 Å². The van der Waals surface area contributed by atoms with E-state index in [0.717, 1.165) is 19.3 Å². The van der Waals surface area contributed by atoms with Crippen LogP contribution in [0.5, 0.6) is 5.75 Å². The van der Waals surface area contributed by atoms with Crippen LogP contribution in [0.4, 0.5) is 0 Å². The standard InChI is InChI=1S/C21H24ClN3O5/c22-15-8-6-14(7-9-15)18-19(28)17(20(29)23-12-16(26)27)21(30)25(24-18)11-10-13-4-2-1-3-5-13/h6-9,13,28H,1-5,10-12H2,(H,23,29)(H,26,27). The van der Waals surface area contributed by atoms with E-state index in [4.69, 9.17) is 16.7 Å². The Morgan fingerprint density at radius 1 is 1.17 bits per heavy atom. The van der Waals surface area contributed by atoms with E-state index in [1.807, 2.05) is 0 Å². The lowest BCUT2D eigenvalue weighted by molar-refractivity contribution is -0.135. The van der Waals surface area contributed by atoms with Crippen molar-refractivity contribution in [1.82, 2.24) is 15.1 Å². The van der Waals surface area contributed by atoms with Gasteiger partial charge in [0.15, 0.2) is 11.3 Å². The average molecular weight is 434 g/mol. The molecule has 1 aliphatic carbocycles. The second-order valence-electron chi connectivity index (χ2n) is 7.48. The van der Waals surface area contributed by atoms with E-state index in [9.17, 15) is 19.5 Å². The molecule has 3 rings (SSSR count). The summed E-state index contributed by atoms with van der Waals surface area (Å²) in [7, 11) is 0. The number of hydrogen-bond acceptors (Lipinski definition) is 5. The summed E-state index contributed by atoms with van der Waals surface area (Å²) < 4.78 is 1.19. The number of aromatic hydroxyl groups is 1. The van der Waals surface area contributed by atoms with Crippen molar-refractivity contribution < 1.29 is 19.8 Å². The Morgan fingerprint density at radius 3 is 2.47 bits per heavy atom. The van der Waals surface area contributed by atoms with Gasteiger partial charge >= 0.3 is 5.97 Å². The van der Waals surface area contributed by atoms with E-state index in [0.29, 0.717) is 23.0 Å². The number of aliphatic carboxylic acids is 1. The molecule has 1 aromatic heterocycles. The van der Waals surface area contributed by atoms with Gasteiger partial charge in [-0.3, -0.25) is 14.4 Å². The molecule has 2 aromatic rings. The highest BCUT2D eigenvalue weighted by atomic mass is 35.5. The highest BCUT2D eigenvalue weighted by Gasteiger charge is 2.25. The van der Waals surface area contributed by atoms with E-state index in [1.54, 1.807) is 24.3 Å². The minimum atomic E-state index is -1.26. The molecule has 0 aliphatic heterocycles. The Hall–Kier alpha value is -2.87. The van der Waals surface area contributed by atoms with Crippen LogP contribution >= 0.6 is 11.6 Å². The lowest BCUT2D eigenvalue weighted by Crippen LogP contribution is -2.37. The molecule has 1 heterocycles. The number of halogens is 1. The number of hydrogen-bond donors (Lipinski definition) is 3. The predicted octanol–water partition coefficient (Wildman–Crippen LogP) is 3.05. The number of carbonyl (C=O) groups is 2. The normalized spacial score (nSPS) is 14.4. The summed E-state index contributed by atoms with van der Waals surface area (Å²) in [6, 6.07) is 6.47. The van der Waals surface area contributed by atoms with Gasteiger partial charge in [-0.25, -0.2) is 4.68 Å². The summed E-state index contributed by atoms with van der Waals surface area (Å²) in [6.07, 6.45) is 6.50. The van der Waals surface area contributed by atoms with Gasteiger partial charge in [-0.05, 0) is 24.5 Å². The second-order valence-corrected chi connectivity index (χ2v) is 7.91. The number of benzene rings is 1. The fraction of sp³-hybridized carbons (Fsp3) is 0.429. The van der Waals surface area contributed by atoms with Gasteiger partial charge in [0.05, 0.1) is 0 Å². The molecule has 1 fully saturated rings. The fourth-order valence-electron chi connectivity index (χ4n) is 3.75. The molecule has 1 saturated carbocycles. The van der Waals surface area contributed by atoms with Crippen molar-refractivity contribution in [3.63, 3.8) is 0 Å². The quantitative estimate of drug-likeness (QED) is 0.617. The third-order valence-corrected chi connectivity index (χ3v) is 5.60. The Morgan fingerprint density at radius 2 is 1.83 bits per heavy atom. The SMILES string of the molecule is O=C(O)CNC(=O)c1c(O)c(-c2ccc(Cl)cc2)nn(CCC2CCCCC2)c1=O. The molecule has 160 valence electrons. The van der Waals surface area contributed by atoms with Gasteiger partial charge in [-0.2, -0.15) is 5.10 Å². The Balaban J connectivity index is 1.99. The number of carboxylic acid groups (broad SMARTS) is 1. The molecule has 0 unspecified atom stereocenters. The number of carbonyl (C=O) groups excluding carboxylic acids is 1. The highest BCUT2D eigenvalue weighted by Crippen LogP contribution is 2.30. The summed E-state index contributed by atoms with van der Waals surface area (Å²) in [4.78, 5) is 36.2. The Bertz CT molecular complexity index is 981. The minimum Gasteiger partial charge on any atom is -0.505 e. The molecule has 0 radical (unpaired) electrons. The number of aromatic nitrogens is 2. The number of nitrogens with one attached hydrogen (secondary N) is 1. The van der Waals surface area contributed by atoms with Crippen LogP contribution in [0.3, 0.4) is 0 Å². The molecular formula is C21H24ClN3O5. The van der Waals surface area contributed by atoms with Gasteiger partial charge in [0.2, 0.25) is 0 Å². The monoisotopic (exact) mass is 433 g/mol. The predicted molar refractivity (Wildman–Crippen MR) is 112 cm³/mol. The maximum Gasteiger partial charge on any atom is 0.322 e. The first-order chi connectivity index (χ1) is 14.4. The number of rotatable bonds is 7. The minimum absolute atomic E-state index is 0.0652. The third kappa shape index (κ3) is 5.18. The summed E-state index contributed by atoms with van der Waals surface area (Å²) in [5, 5.41) is 26.4. The van der Waals surface area contributed by atoms with E-state index in [2.05, 4.69) is 10.4 Å². The van der Waals surface area contributed by atoms with Crippen molar-refractivity contribution in [1.29, 1.82) is 0 Å². The van der Waals surface area contributed by atoms with Gasteiger partial charge in [0.25, 0.3) is 11.5 Å². The average Bonchev–Trinajstić information content (AvgIpc) is 2.73. The zero-order valence-corrected chi connectivity index (χ0v) is 17.2. The molecule has 8 nitrogen and oxygen atoms in total. The largest absolute Gasteiger partial charge is 0.505 e. The lowest BCUT2D eigenvalue weighted by Gasteiger charge is -2.21. The van der Waals surface area contributed by atoms with Crippen LogP contribution in [0.15, 0.2) is 29.1 Å². The first-order valence-corrected chi connectivity index (χ1v) is 10.3. The molecule has 0 atom stereocenters. The van der Waals surface area contributed by atoms with Crippen molar-refractivity contribution in [3.05, 3.63) is 45.2 Å². The van der Waals surface area contributed by atoms with Crippen LogP contribution in [0.25, 0.3) is 11.3 Å². The van der Waals surface area contributed by atoms with Gasteiger partial charge < -0.3 is 15.5 Å². The van der Waals surface area contributed by atoms with E-state index in [-0.39, 0.29) is 5.69 Å². The summed E-state index contributed by atoms with van der Waals surface area (Å²) in [5.41, 5.74) is -0.713. The maximum absolute atomic E-state index is 12.9. The third-order valence-electron chi connectivity index (χ3n) is 5.35. The molecule has 0 bridgehead atoms. The molecule has 3 N–H and O–H groups in total. The Kier molecular flexibility index (Phi) is 7.10. The summed E-state index contributed by atoms with van der Waals surface area (Å²) in [6.45, 7) is -0.359. The summed E-state index contributed by atoms with van der Waals surface area (Å²) >= 11 is 5.93. The molecular weight excluding hydrogens is 410 g/mol. The van der Waals surface area contributed by atoms with Crippen LogP contribution in [0, 0.1) is 5.92 Å². The van der Waals surface area contributed by atoms with Gasteiger partial charge in [-0.15, -0.1) is 0 Å². The van der Waals surface area contributed by atoms with E-state index in [1.165, 1.54) is 23.9 Å². The zero-order valence-electron chi connectivity index (χ0n) is 16.4. The van der Waals surface area contributed by atoms with Crippen molar-refractivity contribution in [2.45, 2.75) is 45.1 Å². The van der Waals surface area contributed by atoms with Crippen LogP contribution in [0.2, 0.25) is 5.02 Å². The summed E-state index contributed by atoms with van der Waals surface area (Å²) in [5.74, 6) is -2.31. The molecule has 0 spiro atoms. The number of carboxylic acids is 1. The van der Waals surface area contributed by atoms with Crippen LogP contribution in [-0.2, 0) is 11.3 Å². The smallest absolute Gasteiger partial charge is 0.322 e. The van der Waals surface area contributed by atoms with Gasteiger partial charge in [-0.1, -0.05) is 55.8 Å². The first-order valence-electron chi connectivity index (χ1n) is 9.97. The molecule has 1 aliphatic rings. The first kappa shape index (κ1) is 21.8. The fourth-order valence-corrected chi connectivity index (χ4v) is 3.87. The highest BCUT2D eigenvalue weighted by molar-refractivity contribution is 6.30. The van der Waals surface area contributed by atoms with Crippen molar-refractivity contribution in [2.75, 3.05) is 6.54 Å². The van der Waals surface area contributed by atoms with E-state index >= 15 is 0 Å². The number of amides is 1. The van der Waals surface area contributed by atoms with Crippen LogP contribution < -0.4 is 10.9 Å². The van der Waals surface area contributed by atoms with Crippen LogP contribution in [-0.4, -0.2) is 38.4 Å². The van der Waals surface area contributed by atoms with Gasteiger partial charge in [0.1, 0.15) is 12.2 Å². The molecule has 0 saturated heterocycles. The molecule has 9 heteroatoms. The lowest BCUT2D eigenvalue weighted by atomic mass is 9.87. The van der Waals surface area contributed by atoms with E-state index < -0.39 is 35.3 Å². The van der Waals surface area contributed by atoms with Crippen molar-refractivity contribution in [3.8, 4) is 17.0 Å². The number of aryl methyl sites for hydroxylation is 1. The van der Waals surface area contributed by atoms with Crippen molar-refractivity contribution >= 4 is 23.5 Å². The Labute approximate surface area is 178 Å². The molecule has 30 heavy (non-hydrogen) atoms. The maximum atomic E-state index is 12.9. The topological polar surface area (TPSA) is 122 Å².